The monoisotopic (exact) mass is 305 g/mol. The number of hydrogen-bond acceptors (Lipinski definition) is 3. The van der Waals surface area contributed by atoms with E-state index in [0.29, 0.717) is 17.9 Å². The molecule has 1 aromatic heterocycles. The minimum absolute atomic E-state index is 0.229. The van der Waals surface area contributed by atoms with Crippen molar-refractivity contribution in [3.63, 3.8) is 0 Å². The molecule has 2 N–H and O–H groups in total. The number of benzene rings is 1. The number of nitrogens with zero attached hydrogens (tertiary/aromatic N) is 2. The Morgan fingerprint density at radius 1 is 1.33 bits per heavy atom. The molecule has 1 aliphatic heterocycles. The van der Waals surface area contributed by atoms with Gasteiger partial charge in [-0.1, -0.05) is 23.7 Å². The number of hydrogen-bond donors (Lipinski definition) is 2. The molecule has 0 bridgehead atoms. The second-order valence-electron chi connectivity index (χ2n) is 5.25. The summed E-state index contributed by atoms with van der Waals surface area (Å²) in [5.74, 6) is -0.0716. The number of halogens is 1. The number of carboxylic acid groups (broad SMARTS) is 1. The SMILES string of the molecule is O=C(O)C1CCN(c2cc(-c3cccc(Cl)c3)[nH]n2)CC1. The van der Waals surface area contributed by atoms with Crippen LogP contribution in [-0.2, 0) is 4.79 Å². The van der Waals surface area contributed by atoms with Crippen molar-refractivity contribution >= 4 is 23.4 Å². The largest absolute Gasteiger partial charge is 0.481 e. The number of H-pyrrole nitrogens is 1. The van der Waals surface area contributed by atoms with Gasteiger partial charge in [0.2, 0.25) is 0 Å². The Bertz CT molecular complexity index is 648. The third kappa shape index (κ3) is 3.03. The topological polar surface area (TPSA) is 69.2 Å². The van der Waals surface area contributed by atoms with Crippen molar-refractivity contribution in [2.75, 3.05) is 18.0 Å². The van der Waals surface area contributed by atoms with E-state index in [-0.39, 0.29) is 5.92 Å². The normalized spacial score (nSPS) is 16.1. The Hall–Kier alpha value is -2.01. The molecule has 1 aromatic carbocycles. The number of nitrogens with one attached hydrogen (secondary N) is 1. The smallest absolute Gasteiger partial charge is 0.306 e. The van der Waals surface area contributed by atoms with Gasteiger partial charge < -0.3 is 10.0 Å². The van der Waals surface area contributed by atoms with Crippen LogP contribution in [0.2, 0.25) is 5.02 Å². The molecule has 0 unspecified atom stereocenters. The lowest BCUT2D eigenvalue weighted by Gasteiger charge is -2.29. The van der Waals surface area contributed by atoms with Gasteiger partial charge in [0.1, 0.15) is 0 Å². The molecule has 2 heterocycles. The predicted molar refractivity (Wildman–Crippen MR) is 81.6 cm³/mol. The molecule has 0 spiro atoms. The molecule has 0 saturated carbocycles. The van der Waals surface area contributed by atoms with Crippen LogP contribution in [0.15, 0.2) is 30.3 Å². The fourth-order valence-corrected chi connectivity index (χ4v) is 2.82. The van der Waals surface area contributed by atoms with Crippen LogP contribution in [0.25, 0.3) is 11.3 Å². The number of aromatic amines is 1. The molecule has 110 valence electrons. The van der Waals surface area contributed by atoms with Crippen molar-refractivity contribution in [3.05, 3.63) is 35.4 Å². The maximum atomic E-state index is 11.0. The lowest BCUT2D eigenvalue weighted by Crippen LogP contribution is -2.36. The number of anilines is 1. The van der Waals surface area contributed by atoms with E-state index < -0.39 is 5.97 Å². The van der Waals surface area contributed by atoms with Gasteiger partial charge in [0.25, 0.3) is 0 Å². The van der Waals surface area contributed by atoms with Crippen LogP contribution in [0.4, 0.5) is 5.82 Å². The Labute approximate surface area is 127 Å². The number of carbonyl (C=O) groups is 1. The molecular weight excluding hydrogens is 290 g/mol. The lowest BCUT2D eigenvalue weighted by atomic mass is 9.97. The van der Waals surface area contributed by atoms with E-state index in [1.807, 2.05) is 30.3 Å². The number of aliphatic carboxylic acids is 1. The van der Waals surface area contributed by atoms with Crippen LogP contribution in [0.3, 0.4) is 0 Å². The van der Waals surface area contributed by atoms with Crippen molar-refractivity contribution in [2.24, 2.45) is 5.92 Å². The fraction of sp³-hybridized carbons (Fsp3) is 0.333. The maximum absolute atomic E-state index is 11.0. The highest BCUT2D eigenvalue weighted by Crippen LogP contribution is 2.27. The van der Waals surface area contributed by atoms with Crippen LogP contribution in [0.5, 0.6) is 0 Å². The van der Waals surface area contributed by atoms with Gasteiger partial charge >= 0.3 is 5.97 Å². The van der Waals surface area contributed by atoms with Gasteiger partial charge in [-0.15, -0.1) is 0 Å². The van der Waals surface area contributed by atoms with E-state index in [2.05, 4.69) is 15.1 Å². The van der Waals surface area contributed by atoms with E-state index in [1.54, 1.807) is 0 Å². The molecule has 1 aliphatic rings. The van der Waals surface area contributed by atoms with Gasteiger partial charge in [-0.2, -0.15) is 5.10 Å². The zero-order chi connectivity index (χ0) is 14.8. The summed E-state index contributed by atoms with van der Waals surface area (Å²) in [6, 6.07) is 9.57. The molecule has 1 fully saturated rings. The predicted octanol–water partition coefficient (Wildman–Crippen LogP) is 3.03. The van der Waals surface area contributed by atoms with E-state index in [0.717, 1.165) is 30.2 Å². The van der Waals surface area contributed by atoms with Crippen molar-refractivity contribution in [1.82, 2.24) is 10.2 Å². The van der Waals surface area contributed by atoms with Gasteiger partial charge in [-0.05, 0) is 25.0 Å². The maximum Gasteiger partial charge on any atom is 0.306 e. The van der Waals surface area contributed by atoms with E-state index in [4.69, 9.17) is 16.7 Å². The van der Waals surface area contributed by atoms with Crippen molar-refractivity contribution in [1.29, 1.82) is 0 Å². The first kappa shape index (κ1) is 13.9. The standard InChI is InChI=1S/C15H16ClN3O2/c16-12-3-1-2-11(8-12)13-9-14(18-17-13)19-6-4-10(5-7-19)15(20)21/h1-3,8-10H,4-7H2,(H,17,18)(H,20,21). The van der Waals surface area contributed by atoms with Crippen LogP contribution < -0.4 is 4.90 Å². The second-order valence-corrected chi connectivity index (χ2v) is 5.69. The summed E-state index contributed by atoms with van der Waals surface area (Å²) in [6.07, 6.45) is 1.32. The number of carboxylic acids is 1. The second kappa shape index (κ2) is 5.77. The third-order valence-electron chi connectivity index (χ3n) is 3.87. The third-order valence-corrected chi connectivity index (χ3v) is 4.10. The van der Waals surface area contributed by atoms with Gasteiger partial charge in [0.05, 0.1) is 11.6 Å². The first-order valence-electron chi connectivity index (χ1n) is 6.92. The molecule has 0 radical (unpaired) electrons. The Morgan fingerprint density at radius 3 is 2.76 bits per heavy atom. The number of piperidine rings is 1. The average Bonchev–Trinajstić information content (AvgIpc) is 2.97. The summed E-state index contributed by atoms with van der Waals surface area (Å²) in [4.78, 5) is 13.1. The van der Waals surface area contributed by atoms with Crippen LogP contribution in [-0.4, -0.2) is 34.4 Å². The average molecular weight is 306 g/mol. The minimum atomic E-state index is -0.698. The van der Waals surface area contributed by atoms with Crippen molar-refractivity contribution < 1.29 is 9.90 Å². The van der Waals surface area contributed by atoms with Crippen molar-refractivity contribution in [3.8, 4) is 11.3 Å². The number of rotatable bonds is 3. The van der Waals surface area contributed by atoms with Crippen LogP contribution in [0, 0.1) is 5.92 Å². The Kier molecular flexibility index (Phi) is 3.84. The molecule has 6 heteroatoms. The quantitative estimate of drug-likeness (QED) is 0.914. The first-order valence-corrected chi connectivity index (χ1v) is 7.30. The van der Waals surface area contributed by atoms with E-state index >= 15 is 0 Å². The molecule has 3 rings (SSSR count). The Morgan fingerprint density at radius 2 is 2.10 bits per heavy atom. The lowest BCUT2D eigenvalue weighted by molar-refractivity contribution is -0.142. The highest BCUT2D eigenvalue weighted by molar-refractivity contribution is 6.30. The zero-order valence-corrected chi connectivity index (χ0v) is 12.2. The summed E-state index contributed by atoms with van der Waals surface area (Å²) in [5, 5.41) is 17.0. The van der Waals surface area contributed by atoms with Crippen molar-refractivity contribution in [2.45, 2.75) is 12.8 Å². The van der Waals surface area contributed by atoms with Gasteiger partial charge in [0, 0.05) is 29.7 Å². The summed E-state index contributed by atoms with van der Waals surface area (Å²) < 4.78 is 0. The summed E-state index contributed by atoms with van der Waals surface area (Å²) in [6.45, 7) is 1.44. The Balaban J connectivity index is 1.73. The molecule has 0 atom stereocenters. The van der Waals surface area contributed by atoms with E-state index in [9.17, 15) is 4.79 Å². The molecule has 0 amide bonds. The summed E-state index contributed by atoms with van der Waals surface area (Å²) in [7, 11) is 0. The molecule has 0 aliphatic carbocycles. The highest BCUT2D eigenvalue weighted by Gasteiger charge is 2.25. The highest BCUT2D eigenvalue weighted by atomic mass is 35.5. The molecule has 21 heavy (non-hydrogen) atoms. The minimum Gasteiger partial charge on any atom is -0.481 e. The molecular formula is C15H16ClN3O2. The molecule has 2 aromatic rings. The van der Waals surface area contributed by atoms with Crippen LogP contribution in [0.1, 0.15) is 12.8 Å². The van der Waals surface area contributed by atoms with Crippen LogP contribution >= 0.6 is 11.6 Å². The summed E-state index contributed by atoms with van der Waals surface area (Å²) in [5.41, 5.74) is 1.90. The van der Waals surface area contributed by atoms with Gasteiger partial charge in [0.15, 0.2) is 5.82 Å². The van der Waals surface area contributed by atoms with Gasteiger partial charge in [-0.3, -0.25) is 9.89 Å². The molecule has 5 nitrogen and oxygen atoms in total. The summed E-state index contributed by atoms with van der Waals surface area (Å²) >= 11 is 6.00. The zero-order valence-electron chi connectivity index (χ0n) is 11.4. The molecule has 1 saturated heterocycles. The first-order chi connectivity index (χ1) is 10.1. The number of aromatic nitrogens is 2. The fourth-order valence-electron chi connectivity index (χ4n) is 2.63. The van der Waals surface area contributed by atoms with E-state index in [1.165, 1.54) is 0 Å². The van der Waals surface area contributed by atoms with Gasteiger partial charge in [-0.25, -0.2) is 0 Å².